The van der Waals surface area contributed by atoms with Gasteiger partial charge in [0, 0.05) is 60.2 Å². The predicted octanol–water partition coefficient (Wildman–Crippen LogP) is 12.7. The highest BCUT2D eigenvalue weighted by atomic mass is 35.5. The summed E-state index contributed by atoms with van der Waals surface area (Å²) in [6, 6.07) is 14.7. The Balaban J connectivity index is 1.33. The molecule has 0 bridgehead atoms. The van der Waals surface area contributed by atoms with Crippen molar-refractivity contribution in [3.05, 3.63) is 98.9 Å². The van der Waals surface area contributed by atoms with Crippen molar-refractivity contribution in [2.24, 2.45) is 10.8 Å². The molecule has 3 atom stereocenters. The summed E-state index contributed by atoms with van der Waals surface area (Å²) in [5.74, 6) is -4.46. The molecule has 0 saturated carbocycles. The zero-order valence-corrected chi connectivity index (χ0v) is 49.9. The lowest BCUT2D eigenvalue weighted by atomic mass is 9.75. The fraction of sp³-hybridized carbons (Fsp3) is 0.517. The molecule has 1 spiro atoms. The van der Waals surface area contributed by atoms with Gasteiger partial charge in [-0.1, -0.05) is 48.7 Å². The van der Waals surface area contributed by atoms with Crippen molar-refractivity contribution in [3.63, 3.8) is 0 Å². The third-order valence-corrected chi connectivity index (χ3v) is 16.6. The van der Waals surface area contributed by atoms with E-state index in [1.807, 2.05) is 0 Å². The molecule has 0 saturated heterocycles. The maximum absolute atomic E-state index is 14.4. The average Bonchev–Trinajstić information content (AvgIpc) is 3.67. The van der Waals surface area contributed by atoms with Gasteiger partial charge in [0.15, 0.2) is 17.1 Å². The van der Waals surface area contributed by atoms with Crippen LogP contribution in [-0.4, -0.2) is 92.1 Å². The summed E-state index contributed by atoms with van der Waals surface area (Å²) in [6.07, 6.45) is -1.83. The molecule has 2 aliphatic heterocycles. The minimum absolute atomic E-state index is 0.0283. The van der Waals surface area contributed by atoms with Gasteiger partial charge < -0.3 is 43.5 Å². The summed E-state index contributed by atoms with van der Waals surface area (Å²) in [5.41, 5.74) is -2.98. The minimum Gasteiger partial charge on any atom is -0.455 e. The van der Waals surface area contributed by atoms with Gasteiger partial charge in [-0.3, -0.25) is 19.2 Å². The Hall–Kier alpha value is -5.77. The second-order valence-corrected chi connectivity index (χ2v) is 25.3. The summed E-state index contributed by atoms with van der Waals surface area (Å²) in [7, 11) is -4.02. The van der Waals surface area contributed by atoms with Crippen LogP contribution in [-0.2, 0) is 54.1 Å². The van der Waals surface area contributed by atoms with Crippen molar-refractivity contribution in [2.45, 2.75) is 144 Å². The maximum Gasteiger partial charge on any atom is 0.548 e. The van der Waals surface area contributed by atoms with E-state index in [-0.39, 0.29) is 125 Å². The first-order valence-corrected chi connectivity index (χ1v) is 29.6. The van der Waals surface area contributed by atoms with E-state index in [0.717, 1.165) is 19.3 Å². The highest BCUT2D eigenvalue weighted by Crippen LogP contribution is 2.62. The molecule has 2 N–H and O–H groups in total. The van der Waals surface area contributed by atoms with Crippen molar-refractivity contribution in [1.82, 2.24) is 15.3 Å². The Labute approximate surface area is 478 Å². The number of carbonyl (C=O) groups is 5. The number of carbonyl (C=O) groups excluding carboxylic acids is 5. The van der Waals surface area contributed by atoms with Crippen LogP contribution in [0.2, 0.25) is 5.02 Å². The summed E-state index contributed by atoms with van der Waals surface area (Å²) < 4.78 is 97.6. The largest absolute Gasteiger partial charge is 0.548 e. The molecular weight excluding hydrogens is 1120 g/mol. The predicted molar refractivity (Wildman–Crippen MR) is 301 cm³/mol. The topological polar surface area (TPSA) is 199 Å². The molecule has 6 rings (SSSR count). The Morgan fingerprint density at radius 2 is 1.42 bits per heavy atom. The summed E-state index contributed by atoms with van der Waals surface area (Å²) in [4.78, 5) is 70.0. The number of fused-ring (bicyclic) bond motifs is 8. The molecule has 23 heteroatoms. The zero-order chi connectivity index (χ0) is 59.6. The lowest BCUT2D eigenvalue weighted by Crippen LogP contribution is -2.37. The van der Waals surface area contributed by atoms with Crippen LogP contribution < -0.4 is 30.1 Å². The second-order valence-electron chi connectivity index (χ2n) is 22.2. The summed E-state index contributed by atoms with van der Waals surface area (Å²) in [6.45, 7) is 26.5. The smallest absolute Gasteiger partial charge is 0.455 e. The second kappa shape index (κ2) is 27.5. The van der Waals surface area contributed by atoms with Crippen LogP contribution in [0.1, 0.15) is 147 Å². The Morgan fingerprint density at radius 1 is 0.802 bits per heavy atom. The number of nitrogens with zero attached hydrogens (tertiary/aromatic N) is 2. The van der Waals surface area contributed by atoms with Crippen molar-refractivity contribution in [1.29, 1.82) is 0 Å². The molecule has 0 radical (unpaired) electrons. The molecule has 438 valence electrons. The number of aryl methyl sites for hydroxylation is 1. The lowest BCUT2D eigenvalue weighted by molar-refractivity contribution is -0.173. The minimum atomic E-state index is -5.04. The van der Waals surface area contributed by atoms with Gasteiger partial charge in [0.2, 0.25) is 17.8 Å². The van der Waals surface area contributed by atoms with Crippen LogP contribution in [0.5, 0.6) is 23.0 Å². The van der Waals surface area contributed by atoms with E-state index in [1.165, 1.54) is 24.3 Å². The van der Waals surface area contributed by atoms with Crippen molar-refractivity contribution < 1.29 is 74.2 Å². The number of halogens is 4. The van der Waals surface area contributed by atoms with Crippen molar-refractivity contribution in [2.75, 3.05) is 39.5 Å². The molecule has 0 fully saturated rings. The van der Waals surface area contributed by atoms with Crippen molar-refractivity contribution in [3.8, 4) is 23.0 Å². The monoisotopic (exact) mass is 1190 g/mol. The Morgan fingerprint density at radius 3 is 2.07 bits per heavy atom. The summed E-state index contributed by atoms with van der Waals surface area (Å²) >= 11 is 7.39. The van der Waals surface area contributed by atoms with E-state index >= 15 is 0 Å². The fourth-order valence-corrected chi connectivity index (χ4v) is 11.8. The lowest BCUT2D eigenvalue weighted by Gasteiger charge is -2.38. The number of benzene rings is 4. The van der Waals surface area contributed by atoms with Gasteiger partial charge in [-0.15, -0.1) is 4.52 Å². The molecule has 0 aliphatic carbocycles. The standard InChI is InChI=1S/C58H70ClF3N4O13P2/c1-35(2)66(36(3)4)81(75-31-28-63-11)74-30-18-13-12-16-26-64-46(67)25-22-37-32-43-50(48(59)49(37)78-54(71)56(8,9)10)76-45-34-44(77-53(70)55(5,6)7)39-20-14-15-21-40(39)47(45)57(43)42-33-38(23-24-41(42)51(68)79-57)80(72)73-29-19-17-27-65-52(69)58(60,61)62/h14-15,20-21,23-24,32-36H,12-13,16-19,22,25-31H2,1-10H3,(H-,64,65,67,69)/p+1. The first-order valence-electron chi connectivity index (χ1n) is 26.9. The number of esters is 3. The number of ether oxygens (including phenoxy) is 4. The number of rotatable bonds is 26. The highest BCUT2D eigenvalue weighted by molar-refractivity contribution is 7.48. The Bertz CT molecular complexity index is 3040. The highest BCUT2D eigenvalue weighted by Gasteiger charge is 2.57. The van der Waals surface area contributed by atoms with Gasteiger partial charge in [-0.05, 0) is 135 Å². The third-order valence-electron chi connectivity index (χ3n) is 13.0. The van der Waals surface area contributed by atoms with Crippen LogP contribution in [0.4, 0.5) is 13.2 Å². The maximum atomic E-state index is 14.4. The fourth-order valence-electron chi connectivity index (χ4n) is 9.01. The summed E-state index contributed by atoms with van der Waals surface area (Å²) in [5, 5.41) is 5.53. The van der Waals surface area contributed by atoms with Crippen LogP contribution in [0.15, 0.2) is 54.6 Å². The van der Waals surface area contributed by atoms with E-state index < -0.39 is 63.0 Å². The molecule has 4 aromatic carbocycles. The number of nitrogens with one attached hydrogen (secondary N) is 2. The third kappa shape index (κ3) is 15.7. The number of unbranched alkanes of at least 4 members (excludes halogenated alkanes) is 4. The normalized spacial score (nSPS) is 15.4. The zero-order valence-electron chi connectivity index (χ0n) is 47.4. The number of hydrogen-bond donors (Lipinski definition) is 2. The van der Waals surface area contributed by atoms with E-state index in [0.29, 0.717) is 37.0 Å². The van der Waals surface area contributed by atoms with Gasteiger partial charge in [0.1, 0.15) is 29.7 Å². The van der Waals surface area contributed by atoms with Crippen LogP contribution in [0.3, 0.4) is 0 Å². The van der Waals surface area contributed by atoms with Crippen LogP contribution >= 0.6 is 28.2 Å². The molecule has 3 unspecified atom stereocenters. The van der Waals surface area contributed by atoms with Gasteiger partial charge >= 0.3 is 38.0 Å². The number of alkyl halides is 3. The van der Waals surface area contributed by atoms with Crippen LogP contribution in [0.25, 0.3) is 15.6 Å². The molecule has 0 aromatic heterocycles. The molecular formula is C58H71ClF3N4O13P2+. The Kier molecular flexibility index (Phi) is 21.9. The van der Waals surface area contributed by atoms with Gasteiger partial charge in [-0.25, -0.2) is 16.0 Å². The first kappa shape index (κ1) is 64.4. The molecule has 81 heavy (non-hydrogen) atoms. The molecule has 2 amide bonds. The molecule has 4 aromatic rings. The molecule has 17 nitrogen and oxygen atoms in total. The average molecular weight is 1190 g/mol. The van der Waals surface area contributed by atoms with Gasteiger partial charge in [0.05, 0.1) is 28.6 Å². The number of hydrogen-bond acceptors (Lipinski definition) is 14. The van der Waals surface area contributed by atoms with E-state index in [4.69, 9.17) is 50.7 Å². The van der Waals surface area contributed by atoms with Crippen molar-refractivity contribution >= 4 is 74.0 Å². The van der Waals surface area contributed by atoms with E-state index in [2.05, 4.69) is 42.5 Å². The number of amides is 2. The first-order chi connectivity index (χ1) is 38.1. The molecule has 2 aliphatic rings. The van der Waals surface area contributed by atoms with E-state index in [1.54, 1.807) is 77.2 Å². The van der Waals surface area contributed by atoms with Gasteiger partial charge in [0.25, 0.3) is 8.53 Å². The SMILES string of the molecule is [C-]#[N+]CCOP(OCCCCCCNC(=O)CCc1cc2c(c(Cl)c1OC(=O)C(C)(C)C)Oc1cc(OC(=O)C(C)(C)C)c3ccccc3c1C21OC(=O)c2ccc([P+](=O)OCCCCNC(=O)C(F)(F)F)cc21)N(C(C)C)C(C)C. The van der Waals surface area contributed by atoms with E-state index in [9.17, 15) is 41.7 Å². The molecule has 2 heterocycles. The quantitative estimate of drug-likeness (QED) is 0.0198. The van der Waals surface area contributed by atoms with Gasteiger partial charge in [-0.2, -0.15) is 13.2 Å². The van der Waals surface area contributed by atoms with Crippen LogP contribution in [0, 0.1) is 17.4 Å².